The summed E-state index contributed by atoms with van der Waals surface area (Å²) in [6.07, 6.45) is 0. The molecule has 2 rings (SSSR count). The van der Waals surface area contributed by atoms with Gasteiger partial charge < -0.3 is 15.8 Å². The minimum atomic E-state index is -0.321. The van der Waals surface area contributed by atoms with Gasteiger partial charge in [-0.25, -0.2) is 4.39 Å². The van der Waals surface area contributed by atoms with Crippen LogP contribution in [0, 0.1) is 19.7 Å². The number of aryl methyl sites for hydroxylation is 2. The van der Waals surface area contributed by atoms with Crippen molar-refractivity contribution in [3.63, 3.8) is 0 Å². The summed E-state index contributed by atoms with van der Waals surface area (Å²) < 4.78 is 19.0. The van der Waals surface area contributed by atoms with Crippen molar-refractivity contribution in [3.8, 4) is 5.75 Å². The molecule has 0 aliphatic heterocycles. The third kappa shape index (κ3) is 3.73. The molecule has 3 nitrogen and oxygen atoms in total. The largest absolute Gasteiger partial charge is 0.497 e. The summed E-state index contributed by atoms with van der Waals surface area (Å²) >= 11 is 0. The zero-order chi connectivity index (χ0) is 15.4. The molecule has 112 valence electrons. The molecule has 3 N–H and O–H groups in total. The first-order chi connectivity index (χ1) is 10.0. The van der Waals surface area contributed by atoms with Crippen molar-refractivity contribution >= 4 is 5.69 Å². The first-order valence-electron chi connectivity index (χ1n) is 6.92. The van der Waals surface area contributed by atoms with Crippen molar-refractivity contribution in [2.45, 2.75) is 19.9 Å². The minimum absolute atomic E-state index is 0.148. The SMILES string of the molecule is COc1ccc(F)c(NC(CN)c2cc(C)cc(C)c2)c1. The lowest BCUT2D eigenvalue weighted by Gasteiger charge is -2.20. The summed E-state index contributed by atoms with van der Waals surface area (Å²) in [6, 6.07) is 10.7. The van der Waals surface area contributed by atoms with Crippen molar-refractivity contribution in [2.75, 3.05) is 19.0 Å². The molecule has 1 unspecified atom stereocenters. The fourth-order valence-corrected chi connectivity index (χ4v) is 2.42. The van der Waals surface area contributed by atoms with Gasteiger partial charge in [-0.05, 0) is 31.5 Å². The van der Waals surface area contributed by atoms with Gasteiger partial charge in [0.2, 0.25) is 0 Å². The van der Waals surface area contributed by atoms with E-state index in [1.165, 1.54) is 6.07 Å². The molecule has 0 fully saturated rings. The van der Waals surface area contributed by atoms with Crippen molar-refractivity contribution in [3.05, 3.63) is 58.9 Å². The van der Waals surface area contributed by atoms with Crippen molar-refractivity contribution in [1.29, 1.82) is 0 Å². The van der Waals surface area contributed by atoms with Crippen LogP contribution in [0.5, 0.6) is 5.75 Å². The number of rotatable bonds is 5. The highest BCUT2D eigenvalue weighted by molar-refractivity contribution is 5.51. The van der Waals surface area contributed by atoms with Crippen LogP contribution in [-0.2, 0) is 0 Å². The highest BCUT2D eigenvalue weighted by Crippen LogP contribution is 2.26. The molecule has 1 atom stereocenters. The van der Waals surface area contributed by atoms with E-state index in [2.05, 4.69) is 23.5 Å². The van der Waals surface area contributed by atoms with Crippen molar-refractivity contribution in [1.82, 2.24) is 0 Å². The number of methoxy groups -OCH3 is 1. The molecule has 0 bridgehead atoms. The quantitative estimate of drug-likeness (QED) is 0.884. The second kappa shape index (κ2) is 6.59. The Morgan fingerprint density at radius 3 is 2.38 bits per heavy atom. The van der Waals surface area contributed by atoms with E-state index in [1.54, 1.807) is 19.2 Å². The van der Waals surface area contributed by atoms with Gasteiger partial charge in [-0.3, -0.25) is 0 Å². The fraction of sp³-hybridized carbons (Fsp3) is 0.294. The molecular formula is C17H21FN2O. The molecule has 0 heterocycles. The molecular weight excluding hydrogens is 267 g/mol. The molecule has 2 aromatic carbocycles. The van der Waals surface area contributed by atoms with Crippen LogP contribution in [0.1, 0.15) is 22.7 Å². The number of hydrogen-bond donors (Lipinski definition) is 2. The first-order valence-corrected chi connectivity index (χ1v) is 6.92. The fourth-order valence-electron chi connectivity index (χ4n) is 2.42. The number of halogens is 1. The van der Waals surface area contributed by atoms with E-state index in [9.17, 15) is 4.39 Å². The molecule has 4 heteroatoms. The van der Waals surface area contributed by atoms with E-state index in [1.807, 2.05) is 13.8 Å². The van der Waals surface area contributed by atoms with Gasteiger partial charge in [-0.2, -0.15) is 0 Å². The molecule has 0 aliphatic rings. The maximum Gasteiger partial charge on any atom is 0.146 e. The summed E-state index contributed by atoms with van der Waals surface area (Å²) in [5.41, 5.74) is 9.63. The molecule has 0 radical (unpaired) electrons. The predicted octanol–water partition coefficient (Wildman–Crippen LogP) is 3.56. The van der Waals surface area contributed by atoms with E-state index in [0.29, 0.717) is 18.0 Å². The molecule has 21 heavy (non-hydrogen) atoms. The number of anilines is 1. The number of ether oxygens (including phenoxy) is 1. The Kier molecular flexibility index (Phi) is 4.81. The summed E-state index contributed by atoms with van der Waals surface area (Å²) in [4.78, 5) is 0. The van der Waals surface area contributed by atoms with Gasteiger partial charge in [0.05, 0.1) is 18.8 Å². The Morgan fingerprint density at radius 2 is 1.81 bits per heavy atom. The average Bonchev–Trinajstić information content (AvgIpc) is 2.45. The third-order valence-corrected chi connectivity index (χ3v) is 3.39. The monoisotopic (exact) mass is 288 g/mol. The number of nitrogens with one attached hydrogen (secondary N) is 1. The number of nitrogens with two attached hydrogens (primary N) is 1. The highest BCUT2D eigenvalue weighted by atomic mass is 19.1. The van der Waals surface area contributed by atoms with Gasteiger partial charge in [-0.1, -0.05) is 29.3 Å². The first kappa shape index (κ1) is 15.3. The zero-order valence-corrected chi connectivity index (χ0v) is 12.6. The Bertz CT molecular complexity index is 608. The van der Waals surface area contributed by atoms with Crippen LogP contribution in [-0.4, -0.2) is 13.7 Å². The topological polar surface area (TPSA) is 47.3 Å². The predicted molar refractivity (Wildman–Crippen MR) is 84.3 cm³/mol. The number of hydrogen-bond acceptors (Lipinski definition) is 3. The highest BCUT2D eigenvalue weighted by Gasteiger charge is 2.13. The molecule has 0 aromatic heterocycles. The maximum absolute atomic E-state index is 13.9. The van der Waals surface area contributed by atoms with Crippen LogP contribution in [0.2, 0.25) is 0 Å². The second-order valence-corrected chi connectivity index (χ2v) is 5.20. The summed E-state index contributed by atoms with van der Waals surface area (Å²) in [7, 11) is 1.56. The normalized spacial score (nSPS) is 12.0. The molecule has 0 amide bonds. The minimum Gasteiger partial charge on any atom is -0.497 e. The molecule has 0 saturated carbocycles. The van der Waals surface area contributed by atoms with E-state index >= 15 is 0 Å². The van der Waals surface area contributed by atoms with Crippen molar-refractivity contribution in [2.24, 2.45) is 5.73 Å². The van der Waals surface area contributed by atoms with Crippen LogP contribution < -0.4 is 15.8 Å². The second-order valence-electron chi connectivity index (χ2n) is 5.20. The summed E-state index contributed by atoms with van der Waals surface area (Å²) in [6.45, 7) is 4.45. The van der Waals surface area contributed by atoms with Crippen LogP contribution in [0.4, 0.5) is 10.1 Å². The number of benzene rings is 2. The Labute approximate surface area is 124 Å². The molecule has 0 saturated heterocycles. The van der Waals surface area contributed by atoms with Crippen LogP contribution in [0.15, 0.2) is 36.4 Å². The van der Waals surface area contributed by atoms with Gasteiger partial charge >= 0.3 is 0 Å². The van der Waals surface area contributed by atoms with Crippen LogP contribution >= 0.6 is 0 Å². The standard InChI is InChI=1S/C17H21FN2O/c1-11-6-12(2)8-13(7-11)17(10-19)20-16-9-14(21-3)4-5-15(16)18/h4-9,17,20H,10,19H2,1-3H3. The van der Waals surface area contributed by atoms with Gasteiger partial charge in [0.1, 0.15) is 11.6 Å². The van der Waals surface area contributed by atoms with Gasteiger partial charge in [-0.15, -0.1) is 0 Å². The molecule has 2 aromatic rings. The van der Waals surface area contributed by atoms with E-state index < -0.39 is 0 Å². The lowest BCUT2D eigenvalue weighted by molar-refractivity contribution is 0.414. The molecule has 0 spiro atoms. The zero-order valence-electron chi connectivity index (χ0n) is 12.6. The van der Waals surface area contributed by atoms with Gasteiger partial charge in [0, 0.05) is 12.6 Å². The third-order valence-electron chi connectivity index (χ3n) is 3.39. The van der Waals surface area contributed by atoms with Crippen molar-refractivity contribution < 1.29 is 9.13 Å². The molecule has 0 aliphatic carbocycles. The summed E-state index contributed by atoms with van der Waals surface area (Å²) in [5, 5.41) is 3.16. The van der Waals surface area contributed by atoms with Gasteiger partial charge in [0.25, 0.3) is 0 Å². The Morgan fingerprint density at radius 1 is 1.14 bits per heavy atom. The Balaban J connectivity index is 2.30. The smallest absolute Gasteiger partial charge is 0.146 e. The lowest BCUT2D eigenvalue weighted by atomic mass is 10.0. The lowest BCUT2D eigenvalue weighted by Crippen LogP contribution is -2.21. The van der Waals surface area contributed by atoms with E-state index in [0.717, 1.165) is 16.7 Å². The van der Waals surface area contributed by atoms with Crippen LogP contribution in [0.3, 0.4) is 0 Å². The maximum atomic E-state index is 13.9. The van der Waals surface area contributed by atoms with Gasteiger partial charge in [0.15, 0.2) is 0 Å². The van der Waals surface area contributed by atoms with E-state index in [-0.39, 0.29) is 11.9 Å². The average molecular weight is 288 g/mol. The van der Waals surface area contributed by atoms with E-state index in [4.69, 9.17) is 10.5 Å². The summed E-state index contributed by atoms with van der Waals surface area (Å²) in [5.74, 6) is 0.286. The van der Waals surface area contributed by atoms with Crippen LogP contribution in [0.25, 0.3) is 0 Å². The Hall–Kier alpha value is -2.07.